The molecule has 2 rings (SSSR count). The van der Waals surface area contributed by atoms with E-state index in [0.29, 0.717) is 23.6 Å². The monoisotopic (exact) mass is 291 g/mol. The summed E-state index contributed by atoms with van der Waals surface area (Å²) in [6, 6.07) is 6.05. The van der Waals surface area contributed by atoms with Crippen LogP contribution in [0.5, 0.6) is 5.75 Å². The van der Waals surface area contributed by atoms with E-state index in [1.165, 1.54) is 19.3 Å². The van der Waals surface area contributed by atoms with Gasteiger partial charge in [-0.05, 0) is 36.5 Å². The molecule has 116 valence electrons. The summed E-state index contributed by atoms with van der Waals surface area (Å²) in [7, 11) is 1.65. The second-order valence-corrected chi connectivity index (χ2v) is 6.33. The topological polar surface area (TPSA) is 79.9 Å². The molecule has 21 heavy (non-hydrogen) atoms. The Hall–Kier alpha value is -1.75. The first-order chi connectivity index (χ1) is 9.97. The van der Waals surface area contributed by atoms with Crippen molar-refractivity contribution in [3.05, 3.63) is 29.3 Å². The highest BCUT2D eigenvalue weighted by molar-refractivity contribution is 5.97. The van der Waals surface area contributed by atoms with E-state index < -0.39 is 0 Å². The smallest absolute Gasteiger partial charge is 0.170 e. The number of nitrogens with zero attached hydrogens (tertiary/aromatic N) is 1. The first-order valence-corrected chi connectivity index (χ1v) is 7.36. The van der Waals surface area contributed by atoms with Crippen LogP contribution in [0.1, 0.15) is 44.2 Å². The Labute approximate surface area is 126 Å². The normalized spacial score (nSPS) is 21.5. The number of ether oxygens (including phenoxy) is 1. The maximum atomic E-state index is 8.79. The number of nitrogens with one attached hydrogen (secondary N) is 1. The first-order valence-electron chi connectivity index (χ1n) is 7.36. The van der Waals surface area contributed by atoms with Crippen LogP contribution in [0.4, 0.5) is 0 Å². The summed E-state index contributed by atoms with van der Waals surface area (Å²) in [5, 5.41) is 15.5. The SMILES string of the molecule is COc1ccc(/C(N)=N/O)cc1CNC1CCCC1(C)C. The van der Waals surface area contributed by atoms with Gasteiger partial charge in [0.2, 0.25) is 0 Å². The summed E-state index contributed by atoms with van der Waals surface area (Å²) in [5.74, 6) is 0.924. The number of methoxy groups -OCH3 is 1. The third kappa shape index (κ3) is 3.47. The number of hydrogen-bond acceptors (Lipinski definition) is 4. The van der Waals surface area contributed by atoms with Crippen LogP contribution in [-0.4, -0.2) is 24.2 Å². The van der Waals surface area contributed by atoms with Crippen molar-refractivity contribution in [1.29, 1.82) is 0 Å². The Morgan fingerprint density at radius 2 is 2.29 bits per heavy atom. The van der Waals surface area contributed by atoms with Crippen molar-refractivity contribution in [2.24, 2.45) is 16.3 Å². The summed E-state index contributed by atoms with van der Waals surface area (Å²) >= 11 is 0. The molecule has 1 aliphatic rings. The van der Waals surface area contributed by atoms with Gasteiger partial charge in [0.15, 0.2) is 5.84 Å². The van der Waals surface area contributed by atoms with Gasteiger partial charge in [-0.25, -0.2) is 0 Å². The number of benzene rings is 1. The minimum absolute atomic E-state index is 0.111. The first kappa shape index (κ1) is 15.6. The van der Waals surface area contributed by atoms with E-state index >= 15 is 0 Å². The van der Waals surface area contributed by atoms with E-state index in [1.807, 2.05) is 12.1 Å². The molecule has 1 aliphatic carbocycles. The van der Waals surface area contributed by atoms with E-state index in [2.05, 4.69) is 24.3 Å². The van der Waals surface area contributed by atoms with Gasteiger partial charge in [0.05, 0.1) is 7.11 Å². The van der Waals surface area contributed by atoms with E-state index in [-0.39, 0.29) is 5.84 Å². The molecule has 1 atom stereocenters. The van der Waals surface area contributed by atoms with Crippen molar-refractivity contribution < 1.29 is 9.94 Å². The van der Waals surface area contributed by atoms with Crippen LogP contribution in [-0.2, 0) is 6.54 Å². The van der Waals surface area contributed by atoms with Gasteiger partial charge in [0.1, 0.15) is 5.75 Å². The Morgan fingerprint density at radius 1 is 1.52 bits per heavy atom. The molecule has 1 unspecified atom stereocenters. The van der Waals surface area contributed by atoms with Gasteiger partial charge in [-0.1, -0.05) is 25.4 Å². The molecule has 0 heterocycles. The Kier molecular flexibility index (Phi) is 4.73. The van der Waals surface area contributed by atoms with Crippen LogP contribution in [0.2, 0.25) is 0 Å². The summed E-state index contributed by atoms with van der Waals surface area (Å²) in [6.07, 6.45) is 3.73. The number of rotatable bonds is 5. The molecule has 0 bridgehead atoms. The maximum Gasteiger partial charge on any atom is 0.170 e. The molecular weight excluding hydrogens is 266 g/mol. The fourth-order valence-corrected chi connectivity index (χ4v) is 3.07. The molecule has 0 spiro atoms. The highest BCUT2D eigenvalue weighted by Crippen LogP contribution is 2.37. The van der Waals surface area contributed by atoms with E-state index in [4.69, 9.17) is 15.7 Å². The zero-order valence-corrected chi connectivity index (χ0v) is 13.0. The van der Waals surface area contributed by atoms with Crippen LogP contribution < -0.4 is 15.8 Å². The van der Waals surface area contributed by atoms with E-state index in [0.717, 1.165) is 11.3 Å². The maximum absolute atomic E-state index is 8.79. The highest BCUT2D eigenvalue weighted by Gasteiger charge is 2.33. The van der Waals surface area contributed by atoms with Crippen molar-refractivity contribution in [1.82, 2.24) is 5.32 Å². The summed E-state index contributed by atoms with van der Waals surface area (Å²) in [4.78, 5) is 0. The zero-order chi connectivity index (χ0) is 15.5. The minimum Gasteiger partial charge on any atom is -0.496 e. The summed E-state index contributed by atoms with van der Waals surface area (Å²) < 4.78 is 5.40. The predicted octanol–water partition coefficient (Wildman–Crippen LogP) is 2.46. The molecule has 0 aliphatic heterocycles. The molecule has 0 aromatic heterocycles. The molecule has 1 aromatic rings. The lowest BCUT2D eigenvalue weighted by atomic mass is 9.87. The zero-order valence-electron chi connectivity index (χ0n) is 13.0. The quantitative estimate of drug-likeness (QED) is 0.337. The van der Waals surface area contributed by atoms with Gasteiger partial charge in [0, 0.05) is 23.7 Å². The van der Waals surface area contributed by atoms with Crippen LogP contribution in [0, 0.1) is 5.41 Å². The molecule has 1 aromatic carbocycles. The highest BCUT2D eigenvalue weighted by atomic mass is 16.5. The van der Waals surface area contributed by atoms with Crippen LogP contribution in [0.15, 0.2) is 23.4 Å². The van der Waals surface area contributed by atoms with Crippen molar-refractivity contribution in [3.63, 3.8) is 0 Å². The molecule has 1 saturated carbocycles. The van der Waals surface area contributed by atoms with Gasteiger partial charge in [-0.15, -0.1) is 0 Å². The lowest BCUT2D eigenvalue weighted by molar-refractivity contribution is 0.281. The Balaban J connectivity index is 2.14. The molecule has 0 radical (unpaired) electrons. The predicted molar refractivity (Wildman–Crippen MR) is 83.8 cm³/mol. The van der Waals surface area contributed by atoms with Gasteiger partial charge in [0.25, 0.3) is 0 Å². The van der Waals surface area contributed by atoms with Crippen molar-refractivity contribution >= 4 is 5.84 Å². The standard InChI is InChI=1S/C16H25N3O2/c1-16(2)8-4-5-14(16)18-10-12-9-11(15(17)19-20)6-7-13(12)21-3/h6-7,9,14,18,20H,4-5,8,10H2,1-3H3,(H2,17,19). The number of amidine groups is 1. The molecule has 5 nitrogen and oxygen atoms in total. The van der Waals surface area contributed by atoms with Crippen molar-refractivity contribution in [2.45, 2.75) is 45.7 Å². The Morgan fingerprint density at radius 3 is 2.86 bits per heavy atom. The number of nitrogens with two attached hydrogens (primary N) is 1. The van der Waals surface area contributed by atoms with Crippen molar-refractivity contribution in [3.8, 4) is 5.75 Å². The third-order valence-corrected chi connectivity index (χ3v) is 4.48. The second-order valence-electron chi connectivity index (χ2n) is 6.33. The largest absolute Gasteiger partial charge is 0.496 e. The van der Waals surface area contributed by atoms with Crippen LogP contribution in [0.25, 0.3) is 0 Å². The molecule has 0 amide bonds. The second kappa shape index (κ2) is 6.35. The summed E-state index contributed by atoms with van der Waals surface area (Å²) in [5.41, 5.74) is 7.70. The average Bonchev–Trinajstić information content (AvgIpc) is 2.82. The van der Waals surface area contributed by atoms with Gasteiger partial charge in [-0.3, -0.25) is 0 Å². The van der Waals surface area contributed by atoms with Gasteiger partial charge in [-0.2, -0.15) is 0 Å². The Bertz CT molecular complexity index is 526. The average molecular weight is 291 g/mol. The fourth-order valence-electron chi connectivity index (χ4n) is 3.07. The molecule has 1 fully saturated rings. The van der Waals surface area contributed by atoms with Crippen molar-refractivity contribution in [2.75, 3.05) is 7.11 Å². The fraction of sp³-hybridized carbons (Fsp3) is 0.562. The van der Waals surface area contributed by atoms with E-state index in [9.17, 15) is 0 Å². The molecule has 5 heteroatoms. The summed E-state index contributed by atoms with van der Waals surface area (Å²) in [6.45, 7) is 5.33. The lowest BCUT2D eigenvalue weighted by Crippen LogP contribution is -2.37. The van der Waals surface area contributed by atoms with Crippen LogP contribution >= 0.6 is 0 Å². The van der Waals surface area contributed by atoms with Gasteiger partial charge >= 0.3 is 0 Å². The lowest BCUT2D eigenvalue weighted by Gasteiger charge is -2.28. The minimum atomic E-state index is 0.111. The number of oxime groups is 1. The van der Waals surface area contributed by atoms with Gasteiger partial charge < -0.3 is 21.0 Å². The number of hydrogen-bond donors (Lipinski definition) is 3. The van der Waals surface area contributed by atoms with E-state index in [1.54, 1.807) is 13.2 Å². The molecule has 4 N–H and O–H groups in total. The third-order valence-electron chi connectivity index (χ3n) is 4.48. The van der Waals surface area contributed by atoms with Crippen LogP contribution in [0.3, 0.4) is 0 Å². The molecule has 0 saturated heterocycles. The molecular formula is C16H25N3O2.